The van der Waals surface area contributed by atoms with Crippen LogP contribution in [0, 0.1) is 17.2 Å². The first kappa shape index (κ1) is 17.5. The van der Waals surface area contributed by atoms with Gasteiger partial charge in [0, 0.05) is 38.6 Å². The molecular formula is C16H22N4O2. The molecule has 2 amide bonds. The summed E-state index contributed by atoms with van der Waals surface area (Å²) in [6.45, 7) is 4.13. The Bertz CT molecular complexity index is 561. The Kier molecular flexibility index (Phi) is 6.39. The van der Waals surface area contributed by atoms with E-state index >= 15 is 0 Å². The normalized spacial score (nSPS) is 11.2. The van der Waals surface area contributed by atoms with Crippen LogP contribution in [0.25, 0.3) is 0 Å². The summed E-state index contributed by atoms with van der Waals surface area (Å²) >= 11 is 0. The maximum atomic E-state index is 12.1. The fourth-order valence-electron chi connectivity index (χ4n) is 1.90. The highest BCUT2D eigenvalue weighted by Gasteiger charge is 2.22. The predicted molar refractivity (Wildman–Crippen MR) is 86.4 cm³/mol. The van der Waals surface area contributed by atoms with Crippen molar-refractivity contribution in [3.8, 4) is 6.07 Å². The largest absolute Gasteiger partial charge is 0.378 e. The van der Waals surface area contributed by atoms with Crippen molar-refractivity contribution in [2.45, 2.75) is 13.8 Å². The van der Waals surface area contributed by atoms with Gasteiger partial charge in [-0.3, -0.25) is 9.59 Å². The molecule has 1 aromatic carbocycles. The van der Waals surface area contributed by atoms with Crippen LogP contribution in [-0.2, 0) is 9.59 Å². The minimum Gasteiger partial charge on any atom is -0.378 e. The van der Waals surface area contributed by atoms with E-state index in [2.05, 4.69) is 11.4 Å². The topological polar surface area (TPSA) is 76.4 Å². The van der Waals surface area contributed by atoms with Crippen LogP contribution in [0.5, 0.6) is 0 Å². The van der Waals surface area contributed by atoms with Crippen LogP contribution < -0.4 is 10.2 Å². The summed E-state index contributed by atoms with van der Waals surface area (Å²) in [5, 5.41) is 11.4. The minimum absolute atomic E-state index is 0.249. The molecule has 0 aliphatic carbocycles. The Hall–Kier alpha value is -2.55. The first-order valence-electron chi connectivity index (χ1n) is 7.16. The smallest absolute Gasteiger partial charge is 0.313 e. The minimum atomic E-state index is -0.690. The van der Waals surface area contributed by atoms with Crippen LogP contribution >= 0.6 is 0 Å². The average Bonchev–Trinajstić information content (AvgIpc) is 2.52. The van der Waals surface area contributed by atoms with E-state index in [4.69, 9.17) is 5.26 Å². The number of nitrogens with one attached hydrogen (secondary N) is 1. The van der Waals surface area contributed by atoms with Crippen molar-refractivity contribution in [1.29, 1.82) is 5.26 Å². The zero-order chi connectivity index (χ0) is 16.7. The highest BCUT2D eigenvalue weighted by atomic mass is 16.2. The van der Waals surface area contributed by atoms with E-state index in [1.165, 1.54) is 4.90 Å². The molecule has 1 rings (SSSR count). The second-order valence-electron chi connectivity index (χ2n) is 5.27. The number of carbonyl (C=O) groups excluding carboxylic acids is 2. The van der Waals surface area contributed by atoms with Crippen molar-refractivity contribution in [2.24, 2.45) is 5.92 Å². The molecule has 6 heteroatoms. The number of rotatable bonds is 5. The zero-order valence-electron chi connectivity index (χ0n) is 13.5. The van der Waals surface area contributed by atoms with E-state index in [0.717, 1.165) is 5.69 Å². The fraction of sp³-hybridized carbons (Fsp3) is 0.438. The highest BCUT2D eigenvalue weighted by Crippen LogP contribution is 2.15. The van der Waals surface area contributed by atoms with Gasteiger partial charge in [-0.05, 0) is 38.1 Å². The highest BCUT2D eigenvalue weighted by molar-refractivity contribution is 6.39. The predicted octanol–water partition coefficient (Wildman–Crippen LogP) is 1.70. The fourth-order valence-corrected chi connectivity index (χ4v) is 1.90. The molecular weight excluding hydrogens is 280 g/mol. The Balaban J connectivity index is 2.70. The zero-order valence-corrected chi connectivity index (χ0v) is 13.5. The molecule has 0 radical (unpaired) electrons. The van der Waals surface area contributed by atoms with Crippen LogP contribution in [0.4, 0.5) is 11.4 Å². The van der Waals surface area contributed by atoms with Crippen molar-refractivity contribution < 1.29 is 9.59 Å². The van der Waals surface area contributed by atoms with Gasteiger partial charge in [0.05, 0.1) is 12.0 Å². The van der Waals surface area contributed by atoms with Gasteiger partial charge in [-0.15, -0.1) is 0 Å². The van der Waals surface area contributed by atoms with Crippen molar-refractivity contribution in [1.82, 2.24) is 4.90 Å². The van der Waals surface area contributed by atoms with Gasteiger partial charge in [0.1, 0.15) is 0 Å². The third kappa shape index (κ3) is 4.77. The summed E-state index contributed by atoms with van der Waals surface area (Å²) in [4.78, 5) is 27.4. The molecule has 0 bridgehead atoms. The second-order valence-corrected chi connectivity index (χ2v) is 5.27. The molecule has 0 fully saturated rings. The first-order chi connectivity index (χ1) is 10.4. The van der Waals surface area contributed by atoms with E-state index in [9.17, 15) is 9.59 Å². The maximum absolute atomic E-state index is 12.1. The summed E-state index contributed by atoms with van der Waals surface area (Å²) in [7, 11) is 3.85. The van der Waals surface area contributed by atoms with E-state index in [1.807, 2.05) is 31.1 Å². The summed E-state index contributed by atoms with van der Waals surface area (Å²) in [5.74, 6) is -1.62. The molecule has 0 spiro atoms. The monoisotopic (exact) mass is 302 g/mol. The molecule has 0 aliphatic rings. The van der Waals surface area contributed by atoms with Crippen molar-refractivity contribution in [3.63, 3.8) is 0 Å². The van der Waals surface area contributed by atoms with Crippen molar-refractivity contribution in [2.75, 3.05) is 37.4 Å². The molecule has 1 unspecified atom stereocenters. The van der Waals surface area contributed by atoms with Crippen LogP contribution in [0.1, 0.15) is 13.8 Å². The SMILES string of the molecule is CCN(CC(C)C#N)C(=O)C(=O)Nc1ccc(N(C)C)cc1. The van der Waals surface area contributed by atoms with Crippen molar-refractivity contribution >= 4 is 23.2 Å². The number of benzene rings is 1. The van der Waals surface area contributed by atoms with E-state index in [1.54, 1.807) is 26.0 Å². The Morgan fingerprint density at radius 1 is 1.27 bits per heavy atom. The van der Waals surface area contributed by atoms with Crippen molar-refractivity contribution in [3.05, 3.63) is 24.3 Å². The molecule has 0 aliphatic heterocycles. The molecule has 0 heterocycles. The van der Waals surface area contributed by atoms with Gasteiger partial charge < -0.3 is 15.1 Å². The van der Waals surface area contributed by atoms with Gasteiger partial charge in [-0.1, -0.05) is 0 Å². The lowest BCUT2D eigenvalue weighted by Gasteiger charge is -2.21. The lowest BCUT2D eigenvalue weighted by molar-refractivity contribution is -0.143. The molecule has 1 atom stereocenters. The van der Waals surface area contributed by atoms with Gasteiger partial charge in [-0.25, -0.2) is 0 Å². The first-order valence-corrected chi connectivity index (χ1v) is 7.16. The van der Waals surface area contributed by atoms with E-state index < -0.39 is 11.8 Å². The summed E-state index contributed by atoms with van der Waals surface area (Å²) in [5.41, 5.74) is 1.57. The average molecular weight is 302 g/mol. The van der Waals surface area contributed by atoms with Crippen LogP contribution in [-0.4, -0.2) is 43.9 Å². The lowest BCUT2D eigenvalue weighted by Crippen LogP contribution is -2.41. The lowest BCUT2D eigenvalue weighted by atomic mass is 10.2. The van der Waals surface area contributed by atoms with Crippen LogP contribution in [0.3, 0.4) is 0 Å². The molecule has 1 N–H and O–H groups in total. The quantitative estimate of drug-likeness (QED) is 0.840. The Morgan fingerprint density at radius 2 is 1.86 bits per heavy atom. The number of likely N-dealkylation sites (N-methyl/N-ethyl adjacent to an activating group) is 1. The molecule has 0 saturated heterocycles. The third-order valence-electron chi connectivity index (χ3n) is 3.22. The number of nitriles is 1. The number of amides is 2. The number of carbonyl (C=O) groups is 2. The molecule has 1 aromatic rings. The maximum Gasteiger partial charge on any atom is 0.313 e. The van der Waals surface area contributed by atoms with Crippen LogP contribution in [0.2, 0.25) is 0 Å². The van der Waals surface area contributed by atoms with Gasteiger partial charge in [0.25, 0.3) is 0 Å². The van der Waals surface area contributed by atoms with Crippen LogP contribution in [0.15, 0.2) is 24.3 Å². The molecule has 0 aromatic heterocycles. The summed E-state index contributed by atoms with van der Waals surface area (Å²) in [6, 6.07) is 9.26. The van der Waals surface area contributed by atoms with E-state index in [0.29, 0.717) is 12.2 Å². The van der Waals surface area contributed by atoms with E-state index in [-0.39, 0.29) is 12.5 Å². The Morgan fingerprint density at radius 3 is 2.32 bits per heavy atom. The van der Waals surface area contributed by atoms with Gasteiger partial charge in [-0.2, -0.15) is 5.26 Å². The third-order valence-corrected chi connectivity index (χ3v) is 3.22. The molecule has 6 nitrogen and oxygen atoms in total. The van der Waals surface area contributed by atoms with Gasteiger partial charge in [0.2, 0.25) is 0 Å². The number of anilines is 2. The molecule has 0 saturated carbocycles. The number of hydrogen-bond donors (Lipinski definition) is 1. The molecule has 22 heavy (non-hydrogen) atoms. The summed E-state index contributed by atoms with van der Waals surface area (Å²) < 4.78 is 0. The number of hydrogen-bond acceptors (Lipinski definition) is 4. The Labute approximate surface area is 131 Å². The van der Waals surface area contributed by atoms with Gasteiger partial charge >= 0.3 is 11.8 Å². The van der Waals surface area contributed by atoms with Gasteiger partial charge in [0.15, 0.2) is 0 Å². The second kappa shape index (κ2) is 8.03. The number of nitrogens with zero attached hydrogens (tertiary/aromatic N) is 3. The summed E-state index contributed by atoms with van der Waals surface area (Å²) in [6.07, 6.45) is 0. The standard InChI is InChI=1S/C16H22N4O2/c1-5-20(11-12(2)10-17)16(22)15(21)18-13-6-8-14(9-7-13)19(3)4/h6-9,12H,5,11H2,1-4H3,(H,18,21). The molecule has 118 valence electrons.